The number of carboxylic acids is 1. The van der Waals surface area contributed by atoms with E-state index in [2.05, 4.69) is 15.6 Å². The molecule has 0 fully saturated rings. The second-order valence-electron chi connectivity index (χ2n) is 6.14. The van der Waals surface area contributed by atoms with Crippen molar-refractivity contribution in [3.8, 4) is 5.69 Å². The maximum atomic E-state index is 12.2. The number of rotatable bonds is 5. The Bertz CT molecular complexity index is 732. The number of carbonyl (C=O) groups excluding carboxylic acids is 1. The Morgan fingerprint density at radius 3 is 2.39 bits per heavy atom. The van der Waals surface area contributed by atoms with Crippen LogP contribution in [0.1, 0.15) is 35.6 Å². The molecule has 2 rings (SSSR count). The Balaban J connectivity index is 2.17. The van der Waals surface area contributed by atoms with E-state index in [0.29, 0.717) is 5.69 Å². The van der Waals surface area contributed by atoms with Gasteiger partial charge in [0.05, 0.1) is 16.8 Å². The van der Waals surface area contributed by atoms with Crippen molar-refractivity contribution in [1.29, 1.82) is 0 Å². The van der Waals surface area contributed by atoms with E-state index in [4.69, 9.17) is 5.11 Å². The highest BCUT2D eigenvalue weighted by Crippen LogP contribution is 2.15. The summed E-state index contributed by atoms with van der Waals surface area (Å²) >= 11 is 0. The van der Waals surface area contributed by atoms with Gasteiger partial charge in [-0.2, -0.15) is 0 Å². The maximum Gasteiger partial charge on any atom is 0.310 e. The molecule has 2 aromatic rings. The van der Waals surface area contributed by atoms with E-state index in [1.165, 1.54) is 0 Å². The number of hydrogen-bond donors (Lipinski definition) is 2. The molecule has 2 N–H and O–H groups in total. The number of benzene rings is 1. The summed E-state index contributed by atoms with van der Waals surface area (Å²) in [4.78, 5) is 23.3. The van der Waals surface area contributed by atoms with Crippen LogP contribution >= 0.6 is 0 Å². The van der Waals surface area contributed by atoms with Crippen molar-refractivity contribution in [3.63, 3.8) is 0 Å². The SMILES string of the molecule is Cc1ccc(-n2nnc(C(=O)NCC(C)(C)C(=O)O)c2C)cc1. The van der Waals surface area contributed by atoms with Gasteiger partial charge >= 0.3 is 5.97 Å². The fourth-order valence-electron chi connectivity index (χ4n) is 1.93. The molecule has 23 heavy (non-hydrogen) atoms. The number of aliphatic carboxylic acids is 1. The molecule has 1 aromatic carbocycles. The average molecular weight is 316 g/mol. The molecule has 0 saturated carbocycles. The van der Waals surface area contributed by atoms with Gasteiger partial charge < -0.3 is 10.4 Å². The van der Waals surface area contributed by atoms with Gasteiger partial charge in [-0.15, -0.1) is 5.10 Å². The van der Waals surface area contributed by atoms with Crippen molar-refractivity contribution in [3.05, 3.63) is 41.2 Å². The Hall–Kier alpha value is -2.70. The van der Waals surface area contributed by atoms with E-state index in [9.17, 15) is 9.59 Å². The summed E-state index contributed by atoms with van der Waals surface area (Å²) in [5, 5.41) is 19.6. The molecule has 1 aromatic heterocycles. The van der Waals surface area contributed by atoms with Gasteiger partial charge in [0.1, 0.15) is 0 Å². The zero-order valence-electron chi connectivity index (χ0n) is 13.6. The second-order valence-corrected chi connectivity index (χ2v) is 6.14. The highest BCUT2D eigenvalue weighted by Gasteiger charge is 2.28. The molecule has 122 valence electrons. The molecule has 0 atom stereocenters. The molecule has 7 heteroatoms. The van der Waals surface area contributed by atoms with Crippen molar-refractivity contribution in [2.75, 3.05) is 6.54 Å². The predicted octanol–water partition coefficient (Wildman–Crippen LogP) is 1.72. The zero-order chi connectivity index (χ0) is 17.2. The minimum atomic E-state index is -1.05. The van der Waals surface area contributed by atoms with Crippen LogP contribution in [0.3, 0.4) is 0 Å². The van der Waals surface area contributed by atoms with Crippen molar-refractivity contribution in [1.82, 2.24) is 20.3 Å². The topological polar surface area (TPSA) is 97.1 Å². The van der Waals surface area contributed by atoms with E-state index in [1.807, 2.05) is 31.2 Å². The molecule has 1 heterocycles. The van der Waals surface area contributed by atoms with Crippen LogP contribution in [0, 0.1) is 19.3 Å². The lowest BCUT2D eigenvalue weighted by atomic mass is 9.94. The van der Waals surface area contributed by atoms with E-state index in [1.54, 1.807) is 25.5 Å². The summed E-state index contributed by atoms with van der Waals surface area (Å²) < 4.78 is 1.58. The molecule has 0 aliphatic rings. The summed E-state index contributed by atoms with van der Waals surface area (Å²) in [6, 6.07) is 7.69. The molecule has 0 aliphatic heterocycles. The minimum Gasteiger partial charge on any atom is -0.481 e. The van der Waals surface area contributed by atoms with Gasteiger partial charge in [-0.3, -0.25) is 9.59 Å². The third-order valence-corrected chi connectivity index (χ3v) is 3.66. The lowest BCUT2D eigenvalue weighted by Gasteiger charge is -2.19. The van der Waals surface area contributed by atoms with Gasteiger partial charge in [-0.05, 0) is 39.8 Å². The number of nitrogens with zero attached hydrogens (tertiary/aromatic N) is 3. The first kappa shape index (κ1) is 16.7. The normalized spacial score (nSPS) is 11.3. The first-order valence-corrected chi connectivity index (χ1v) is 7.23. The fourth-order valence-corrected chi connectivity index (χ4v) is 1.93. The smallest absolute Gasteiger partial charge is 0.310 e. The standard InChI is InChI=1S/C16H20N4O3/c1-10-5-7-12(8-6-10)20-11(2)13(18-19-20)14(21)17-9-16(3,4)15(22)23/h5-8H,9H2,1-4H3,(H,17,21)(H,22,23). The Morgan fingerprint density at radius 2 is 1.83 bits per heavy atom. The summed E-state index contributed by atoms with van der Waals surface area (Å²) in [5.41, 5.74) is 1.67. The van der Waals surface area contributed by atoms with Crippen molar-refractivity contribution in [2.45, 2.75) is 27.7 Å². The average Bonchev–Trinajstić information content (AvgIpc) is 2.87. The van der Waals surface area contributed by atoms with Crippen LogP contribution in [0.2, 0.25) is 0 Å². The van der Waals surface area contributed by atoms with Crippen LogP contribution in [-0.4, -0.2) is 38.5 Å². The lowest BCUT2D eigenvalue weighted by molar-refractivity contribution is -0.146. The van der Waals surface area contributed by atoms with Crippen LogP contribution in [0.5, 0.6) is 0 Å². The van der Waals surface area contributed by atoms with Gasteiger partial charge in [0.15, 0.2) is 5.69 Å². The van der Waals surface area contributed by atoms with E-state index in [0.717, 1.165) is 11.3 Å². The molecule has 0 spiro atoms. The van der Waals surface area contributed by atoms with Crippen LogP contribution < -0.4 is 5.32 Å². The van der Waals surface area contributed by atoms with Crippen LogP contribution in [0.4, 0.5) is 0 Å². The van der Waals surface area contributed by atoms with Gasteiger partial charge in [0.2, 0.25) is 0 Å². The molecule has 7 nitrogen and oxygen atoms in total. The molecular weight excluding hydrogens is 296 g/mol. The van der Waals surface area contributed by atoms with Crippen molar-refractivity contribution < 1.29 is 14.7 Å². The van der Waals surface area contributed by atoms with Crippen LogP contribution in [0.25, 0.3) is 5.69 Å². The van der Waals surface area contributed by atoms with E-state index >= 15 is 0 Å². The fraction of sp³-hybridized carbons (Fsp3) is 0.375. The molecular formula is C16H20N4O3. The van der Waals surface area contributed by atoms with Gasteiger partial charge in [0, 0.05) is 6.54 Å². The third-order valence-electron chi connectivity index (χ3n) is 3.66. The van der Waals surface area contributed by atoms with Gasteiger partial charge in [0.25, 0.3) is 5.91 Å². The van der Waals surface area contributed by atoms with E-state index < -0.39 is 17.3 Å². The number of carboxylic acid groups (broad SMARTS) is 1. The van der Waals surface area contributed by atoms with Crippen molar-refractivity contribution >= 4 is 11.9 Å². The first-order valence-electron chi connectivity index (χ1n) is 7.23. The predicted molar refractivity (Wildman–Crippen MR) is 84.6 cm³/mol. The zero-order valence-corrected chi connectivity index (χ0v) is 13.6. The van der Waals surface area contributed by atoms with Crippen LogP contribution in [0.15, 0.2) is 24.3 Å². The Kier molecular flexibility index (Phi) is 4.49. The lowest BCUT2D eigenvalue weighted by Crippen LogP contribution is -2.39. The molecule has 0 unspecified atom stereocenters. The number of aromatic nitrogens is 3. The highest BCUT2D eigenvalue weighted by molar-refractivity contribution is 5.93. The molecule has 0 aliphatic carbocycles. The molecule has 1 amide bonds. The van der Waals surface area contributed by atoms with Crippen LogP contribution in [-0.2, 0) is 4.79 Å². The first-order chi connectivity index (χ1) is 10.7. The summed E-state index contributed by atoms with van der Waals surface area (Å²) in [5.74, 6) is -1.41. The Morgan fingerprint density at radius 1 is 1.22 bits per heavy atom. The molecule has 0 radical (unpaired) electrons. The quantitative estimate of drug-likeness (QED) is 0.875. The minimum absolute atomic E-state index is 0.0119. The Labute approximate surface area is 134 Å². The number of carbonyl (C=O) groups is 2. The molecule has 0 saturated heterocycles. The number of amides is 1. The number of hydrogen-bond acceptors (Lipinski definition) is 4. The number of nitrogens with one attached hydrogen (secondary N) is 1. The highest BCUT2D eigenvalue weighted by atomic mass is 16.4. The largest absolute Gasteiger partial charge is 0.481 e. The van der Waals surface area contributed by atoms with Crippen molar-refractivity contribution in [2.24, 2.45) is 5.41 Å². The third kappa shape index (κ3) is 3.56. The monoisotopic (exact) mass is 316 g/mol. The summed E-state index contributed by atoms with van der Waals surface area (Å²) in [6.45, 7) is 6.84. The summed E-state index contributed by atoms with van der Waals surface area (Å²) in [6.07, 6.45) is 0. The maximum absolute atomic E-state index is 12.2. The van der Waals surface area contributed by atoms with Gasteiger partial charge in [-0.1, -0.05) is 22.9 Å². The second kappa shape index (κ2) is 6.20. The van der Waals surface area contributed by atoms with Gasteiger partial charge in [-0.25, -0.2) is 4.68 Å². The molecule has 0 bridgehead atoms. The van der Waals surface area contributed by atoms with E-state index in [-0.39, 0.29) is 12.2 Å². The summed E-state index contributed by atoms with van der Waals surface area (Å²) in [7, 11) is 0. The number of aryl methyl sites for hydroxylation is 1.